The Bertz CT molecular complexity index is 581. The summed E-state index contributed by atoms with van der Waals surface area (Å²) in [6.07, 6.45) is -2.00. The summed E-state index contributed by atoms with van der Waals surface area (Å²) >= 11 is 0. The van der Waals surface area contributed by atoms with Crippen molar-refractivity contribution in [1.29, 1.82) is 0 Å². The summed E-state index contributed by atoms with van der Waals surface area (Å²) in [5.41, 5.74) is 1.91. The smallest absolute Gasteiger partial charge is 0.370 e. The van der Waals surface area contributed by atoms with Gasteiger partial charge in [0.15, 0.2) is 0 Å². The summed E-state index contributed by atoms with van der Waals surface area (Å²) in [5.74, 6) is 0. The molecule has 0 radical (unpaired) electrons. The number of ether oxygens (including phenoxy) is 1. The zero-order chi connectivity index (χ0) is 15.3. The Morgan fingerprint density at radius 1 is 1.24 bits per heavy atom. The maximum atomic E-state index is 12.1. The van der Waals surface area contributed by atoms with Crippen LogP contribution in [0, 0.1) is 0 Å². The van der Waals surface area contributed by atoms with Gasteiger partial charge in [0.1, 0.15) is 6.61 Å². The average Bonchev–Trinajstić information content (AvgIpc) is 2.45. The molecule has 1 heterocycles. The Labute approximate surface area is 121 Å². The molecule has 0 saturated carbocycles. The number of benzene rings is 1. The van der Waals surface area contributed by atoms with Crippen molar-refractivity contribution in [1.82, 2.24) is 10.3 Å². The monoisotopic (exact) mass is 298 g/mol. The molecule has 0 amide bonds. The van der Waals surface area contributed by atoms with Gasteiger partial charge in [-0.2, -0.15) is 13.2 Å². The largest absolute Gasteiger partial charge is 0.411 e. The van der Waals surface area contributed by atoms with Crippen LogP contribution in [0.25, 0.3) is 10.9 Å². The van der Waals surface area contributed by atoms with Crippen LogP contribution in [0.1, 0.15) is 5.56 Å². The van der Waals surface area contributed by atoms with E-state index < -0.39 is 12.8 Å². The first kappa shape index (κ1) is 15.7. The number of rotatable bonds is 6. The summed E-state index contributed by atoms with van der Waals surface area (Å²) < 4.78 is 41.0. The number of halogens is 3. The number of hydrogen-bond donors (Lipinski definition) is 1. The van der Waals surface area contributed by atoms with Crippen LogP contribution in [0.5, 0.6) is 0 Å². The third kappa shape index (κ3) is 4.68. The van der Waals surface area contributed by atoms with Gasteiger partial charge in [-0.3, -0.25) is 4.98 Å². The lowest BCUT2D eigenvalue weighted by Gasteiger charge is -2.18. The topological polar surface area (TPSA) is 34.1 Å². The van der Waals surface area contributed by atoms with E-state index in [0.717, 1.165) is 16.5 Å². The molecule has 21 heavy (non-hydrogen) atoms. The molecular formula is C15H17F3N2O. The van der Waals surface area contributed by atoms with Crippen molar-refractivity contribution in [3.05, 3.63) is 42.1 Å². The number of para-hydroxylation sites is 1. The zero-order valence-electron chi connectivity index (χ0n) is 11.7. The van der Waals surface area contributed by atoms with Crippen LogP contribution >= 0.6 is 0 Å². The minimum absolute atomic E-state index is 0.00661. The van der Waals surface area contributed by atoms with Gasteiger partial charge in [-0.15, -0.1) is 0 Å². The second-order valence-corrected chi connectivity index (χ2v) is 4.81. The minimum Gasteiger partial charge on any atom is -0.370 e. The summed E-state index contributed by atoms with van der Waals surface area (Å²) in [7, 11) is 1.71. The van der Waals surface area contributed by atoms with Crippen molar-refractivity contribution < 1.29 is 17.9 Å². The number of alkyl halides is 3. The number of likely N-dealkylation sites (N-methyl/N-ethyl adjacent to an activating group) is 1. The van der Waals surface area contributed by atoms with Gasteiger partial charge < -0.3 is 10.1 Å². The van der Waals surface area contributed by atoms with Gasteiger partial charge in [-0.25, -0.2) is 0 Å². The Morgan fingerprint density at radius 3 is 2.71 bits per heavy atom. The van der Waals surface area contributed by atoms with Gasteiger partial charge in [0.05, 0.1) is 12.1 Å². The number of nitrogens with one attached hydrogen (secondary N) is 1. The Kier molecular flexibility index (Phi) is 5.14. The van der Waals surface area contributed by atoms with Crippen molar-refractivity contribution in [2.45, 2.75) is 18.6 Å². The maximum Gasteiger partial charge on any atom is 0.411 e. The van der Waals surface area contributed by atoms with E-state index in [1.807, 2.05) is 30.3 Å². The van der Waals surface area contributed by atoms with Crippen LogP contribution in [0.4, 0.5) is 13.2 Å². The van der Waals surface area contributed by atoms with Gasteiger partial charge in [0.25, 0.3) is 0 Å². The summed E-state index contributed by atoms with van der Waals surface area (Å²) in [5, 5.41) is 4.00. The number of nitrogens with zero attached hydrogens (tertiary/aromatic N) is 1. The lowest BCUT2D eigenvalue weighted by Crippen LogP contribution is -2.34. The fourth-order valence-electron chi connectivity index (χ4n) is 2.16. The molecule has 0 spiro atoms. The van der Waals surface area contributed by atoms with Crippen LogP contribution in [0.2, 0.25) is 0 Å². The molecule has 6 heteroatoms. The predicted molar refractivity (Wildman–Crippen MR) is 75.2 cm³/mol. The molecule has 0 aliphatic carbocycles. The van der Waals surface area contributed by atoms with Crippen molar-refractivity contribution in [3.63, 3.8) is 0 Å². The first-order chi connectivity index (χ1) is 9.99. The number of aromatic nitrogens is 1. The molecule has 114 valence electrons. The molecule has 2 aromatic rings. The molecule has 0 saturated heterocycles. The van der Waals surface area contributed by atoms with Crippen LogP contribution in [-0.4, -0.2) is 37.5 Å². The molecule has 2 rings (SSSR count). The molecule has 1 N–H and O–H groups in total. The highest BCUT2D eigenvalue weighted by Crippen LogP contribution is 2.18. The first-order valence-electron chi connectivity index (χ1n) is 6.64. The first-order valence-corrected chi connectivity index (χ1v) is 6.64. The van der Waals surface area contributed by atoms with E-state index >= 15 is 0 Å². The summed E-state index contributed by atoms with van der Waals surface area (Å²) in [6.45, 7) is -1.21. The van der Waals surface area contributed by atoms with Crippen LogP contribution in [0.15, 0.2) is 36.5 Å². The lowest BCUT2D eigenvalue weighted by molar-refractivity contribution is -0.175. The maximum absolute atomic E-state index is 12.1. The van der Waals surface area contributed by atoms with Crippen molar-refractivity contribution in [2.75, 3.05) is 20.3 Å². The second-order valence-electron chi connectivity index (χ2n) is 4.81. The van der Waals surface area contributed by atoms with E-state index in [2.05, 4.69) is 10.3 Å². The van der Waals surface area contributed by atoms with Gasteiger partial charge in [0, 0.05) is 17.6 Å². The molecule has 1 aromatic carbocycles. The van der Waals surface area contributed by atoms with E-state index in [0.29, 0.717) is 6.42 Å². The van der Waals surface area contributed by atoms with Crippen molar-refractivity contribution in [2.24, 2.45) is 0 Å². The SMILES string of the molecule is CNC(COCC(F)(F)F)Cc1ccnc2ccccc12. The molecule has 1 unspecified atom stereocenters. The Morgan fingerprint density at radius 2 is 2.00 bits per heavy atom. The second kappa shape index (κ2) is 6.87. The highest BCUT2D eigenvalue weighted by atomic mass is 19.4. The molecule has 1 aromatic heterocycles. The fourth-order valence-corrected chi connectivity index (χ4v) is 2.16. The third-order valence-corrected chi connectivity index (χ3v) is 3.20. The van der Waals surface area contributed by atoms with Crippen LogP contribution in [-0.2, 0) is 11.2 Å². The van der Waals surface area contributed by atoms with Crippen molar-refractivity contribution in [3.8, 4) is 0 Å². The highest BCUT2D eigenvalue weighted by molar-refractivity contribution is 5.81. The van der Waals surface area contributed by atoms with Crippen molar-refractivity contribution >= 4 is 10.9 Å². The molecular weight excluding hydrogens is 281 g/mol. The normalized spacial score (nSPS) is 13.5. The lowest BCUT2D eigenvalue weighted by atomic mass is 10.0. The number of fused-ring (bicyclic) bond motifs is 1. The molecule has 1 atom stereocenters. The zero-order valence-corrected chi connectivity index (χ0v) is 11.7. The molecule has 0 bridgehead atoms. The van der Waals surface area contributed by atoms with E-state index in [-0.39, 0.29) is 12.6 Å². The van der Waals surface area contributed by atoms with Crippen LogP contribution < -0.4 is 5.32 Å². The average molecular weight is 298 g/mol. The van der Waals surface area contributed by atoms with E-state index in [4.69, 9.17) is 4.74 Å². The predicted octanol–water partition coefficient (Wildman–Crippen LogP) is 2.94. The molecule has 0 aliphatic heterocycles. The molecule has 0 aliphatic rings. The van der Waals surface area contributed by atoms with E-state index in [9.17, 15) is 13.2 Å². The minimum atomic E-state index is -4.29. The highest BCUT2D eigenvalue weighted by Gasteiger charge is 2.27. The van der Waals surface area contributed by atoms with Gasteiger partial charge in [-0.1, -0.05) is 18.2 Å². The quantitative estimate of drug-likeness (QED) is 0.890. The molecule has 0 fully saturated rings. The van der Waals surface area contributed by atoms with Gasteiger partial charge in [0.2, 0.25) is 0 Å². The van der Waals surface area contributed by atoms with Crippen LogP contribution in [0.3, 0.4) is 0 Å². The Hall–Kier alpha value is -1.66. The van der Waals surface area contributed by atoms with Gasteiger partial charge >= 0.3 is 6.18 Å². The van der Waals surface area contributed by atoms with Gasteiger partial charge in [-0.05, 0) is 31.2 Å². The number of pyridine rings is 1. The Balaban J connectivity index is 2.03. The van der Waals surface area contributed by atoms with E-state index in [1.54, 1.807) is 13.2 Å². The summed E-state index contributed by atoms with van der Waals surface area (Å²) in [4.78, 5) is 4.27. The molecule has 3 nitrogen and oxygen atoms in total. The standard InChI is InChI=1S/C15H17F3N2O/c1-19-12(9-21-10-15(16,17)18)8-11-6-7-20-14-5-3-2-4-13(11)14/h2-7,12,19H,8-10H2,1H3. The third-order valence-electron chi connectivity index (χ3n) is 3.20. The van der Waals surface area contributed by atoms with E-state index in [1.165, 1.54) is 0 Å². The summed E-state index contributed by atoms with van der Waals surface area (Å²) in [6, 6.07) is 9.40. The number of hydrogen-bond acceptors (Lipinski definition) is 3. The fraction of sp³-hybridized carbons (Fsp3) is 0.400.